The SMILES string of the molecule is O=[N+]([O-])c1ccccc1S(=O)(=O)Nc1ncn(Cc2cccc(F)c2)n1. The van der Waals surface area contributed by atoms with Crippen LogP contribution in [0.15, 0.2) is 59.8 Å². The third-order valence-electron chi connectivity index (χ3n) is 3.35. The smallest absolute Gasteiger partial charge is 0.258 e. The van der Waals surface area contributed by atoms with Crippen LogP contribution in [0.25, 0.3) is 0 Å². The molecule has 0 aliphatic heterocycles. The molecule has 0 aliphatic carbocycles. The average Bonchev–Trinajstić information content (AvgIpc) is 3.01. The van der Waals surface area contributed by atoms with E-state index in [0.717, 1.165) is 12.1 Å². The molecule has 0 saturated carbocycles. The Hall–Kier alpha value is -3.34. The molecule has 0 aliphatic rings. The van der Waals surface area contributed by atoms with E-state index in [1.165, 1.54) is 35.3 Å². The second-order valence-corrected chi connectivity index (χ2v) is 6.88. The van der Waals surface area contributed by atoms with E-state index in [1.807, 2.05) is 0 Å². The Morgan fingerprint density at radius 2 is 1.96 bits per heavy atom. The van der Waals surface area contributed by atoms with E-state index < -0.39 is 31.3 Å². The minimum Gasteiger partial charge on any atom is -0.258 e. The number of nitro benzene ring substituents is 1. The van der Waals surface area contributed by atoms with Crippen molar-refractivity contribution in [3.63, 3.8) is 0 Å². The van der Waals surface area contributed by atoms with Crippen LogP contribution in [0, 0.1) is 15.9 Å². The van der Waals surface area contributed by atoms with Crippen LogP contribution in [0.1, 0.15) is 5.56 Å². The zero-order chi connectivity index (χ0) is 18.7. The van der Waals surface area contributed by atoms with Crippen molar-refractivity contribution in [2.45, 2.75) is 11.4 Å². The summed E-state index contributed by atoms with van der Waals surface area (Å²) < 4.78 is 41.4. The lowest BCUT2D eigenvalue weighted by Gasteiger charge is -2.05. The lowest BCUT2D eigenvalue weighted by molar-refractivity contribution is -0.387. The van der Waals surface area contributed by atoms with Crippen molar-refractivity contribution in [3.8, 4) is 0 Å². The van der Waals surface area contributed by atoms with Gasteiger partial charge in [0.05, 0.1) is 11.5 Å². The van der Waals surface area contributed by atoms with Gasteiger partial charge in [-0.15, -0.1) is 5.10 Å². The molecule has 3 aromatic rings. The summed E-state index contributed by atoms with van der Waals surface area (Å²) >= 11 is 0. The summed E-state index contributed by atoms with van der Waals surface area (Å²) in [5, 5.41) is 14.9. The van der Waals surface area contributed by atoms with E-state index in [4.69, 9.17) is 0 Å². The first-order valence-electron chi connectivity index (χ1n) is 7.25. The molecule has 0 atom stereocenters. The molecule has 3 rings (SSSR count). The fraction of sp³-hybridized carbons (Fsp3) is 0.0667. The fourth-order valence-electron chi connectivity index (χ4n) is 2.25. The third-order valence-corrected chi connectivity index (χ3v) is 4.72. The number of hydrogen-bond donors (Lipinski definition) is 1. The maximum Gasteiger partial charge on any atom is 0.289 e. The van der Waals surface area contributed by atoms with Crippen molar-refractivity contribution in [1.82, 2.24) is 14.8 Å². The summed E-state index contributed by atoms with van der Waals surface area (Å²) in [5.74, 6) is -0.653. The highest BCUT2D eigenvalue weighted by molar-refractivity contribution is 7.92. The first kappa shape index (κ1) is 17.5. The molecule has 9 nitrogen and oxygen atoms in total. The topological polar surface area (TPSA) is 120 Å². The van der Waals surface area contributed by atoms with Gasteiger partial charge in [-0.1, -0.05) is 24.3 Å². The molecule has 0 saturated heterocycles. The van der Waals surface area contributed by atoms with Gasteiger partial charge in [-0.2, -0.15) is 4.98 Å². The highest BCUT2D eigenvalue weighted by Gasteiger charge is 2.26. The Morgan fingerprint density at radius 3 is 2.69 bits per heavy atom. The normalized spacial score (nSPS) is 11.3. The third kappa shape index (κ3) is 3.83. The predicted molar refractivity (Wildman–Crippen MR) is 89.4 cm³/mol. The fourth-order valence-corrected chi connectivity index (χ4v) is 3.37. The van der Waals surface area contributed by atoms with Crippen molar-refractivity contribution in [2.24, 2.45) is 0 Å². The van der Waals surface area contributed by atoms with Gasteiger partial charge in [0.15, 0.2) is 4.90 Å². The van der Waals surface area contributed by atoms with Gasteiger partial charge in [0.25, 0.3) is 21.7 Å². The van der Waals surface area contributed by atoms with Crippen LogP contribution in [0.3, 0.4) is 0 Å². The molecule has 2 aromatic carbocycles. The van der Waals surface area contributed by atoms with E-state index in [0.29, 0.717) is 5.56 Å². The van der Waals surface area contributed by atoms with Crippen molar-refractivity contribution < 1.29 is 17.7 Å². The highest BCUT2D eigenvalue weighted by atomic mass is 32.2. The number of anilines is 1. The number of para-hydroxylation sites is 1. The van der Waals surface area contributed by atoms with E-state index in [1.54, 1.807) is 12.1 Å². The maximum atomic E-state index is 13.2. The quantitative estimate of drug-likeness (QED) is 0.519. The number of rotatable bonds is 6. The average molecular weight is 377 g/mol. The Balaban J connectivity index is 1.81. The molecule has 0 amide bonds. The summed E-state index contributed by atoms with van der Waals surface area (Å²) in [7, 11) is -4.25. The van der Waals surface area contributed by atoms with Crippen LogP contribution in [0.2, 0.25) is 0 Å². The Kier molecular flexibility index (Phi) is 4.63. The van der Waals surface area contributed by atoms with E-state index in [2.05, 4.69) is 14.8 Å². The van der Waals surface area contributed by atoms with Crippen LogP contribution < -0.4 is 4.72 Å². The number of nitrogens with zero attached hydrogens (tertiary/aromatic N) is 4. The van der Waals surface area contributed by atoms with Gasteiger partial charge in [-0.25, -0.2) is 22.2 Å². The van der Waals surface area contributed by atoms with Crippen LogP contribution in [-0.2, 0) is 16.6 Å². The molecule has 134 valence electrons. The Bertz CT molecular complexity index is 1070. The highest BCUT2D eigenvalue weighted by Crippen LogP contribution is 2.24. The zero-order valence-electron chi connectivity index (χ0n) is 13.1. The first-order valence-corrected chi connectivity index (χ1v) is 8.73. The van der Waals surface area contributed by atoms with Crippen molar-refractivity contribution >= 4 is 21.7 Å². The van der Waals surface area contributed by atoms with Crippen LogP contribution in [-0.4, -0.2) is 28.1 Å². The first-order chi connectivity index (χ1) is 12.3. The van der Waals surface area contributed by atoms with Gasteiger partial charge in [-0.3, -0.25) is 10.1 Å². The standard InChI is InChI=1S/C15H12FN5O4S/c16-12-5-3-4-11(8-12)9-20-10-17-15(18-20)19-26(24,25)14-7-2-1-6-13(14)21(22)23/h1-8,10H,9H2,(H,18,19). The summed E-state index contributed by atoms with van der Waals surface area (Å²) in [6, 6.07) is 10.8. The molecule has 1 N–H and O–H groups in total. The summed E-state index contributed by atoms with van der Waals surface area (Å²) in [5.41, 5.74) is 0.0576. The monoisotopic (exact) mass is 377 g/mol. The Labute approximate surface area is 147 Å². The molecule has 0 unspecified atom stereocenters. The predicted octanol–water partition coefficient (Wildman–Crippen LogP) is 2.17. The van der Waals surface area contributed by atoms with E-state index >= 15 is 0 Å². The molecular weight excluding hydrogens is 365 g/mol. The second kappa shape index (κ2) is 6.88. The number of nitrogens with one attached hydrogen (secondary N) is 1. The van der Waals surface area contributed by atoms with Gasteiger partial charge in [0.2, 0.25) is 0 Å². The molecule has 1 heterocycles. The number of hydrogen-bond acceptors (Lipinski definition) is 6. The van der Waals surface area contributed by atoms with Crippen LogP contribution in [0.5, 0.6) is 0 Å². The largest absolute Gasteiger partial charge is 0.289 e. The van der Waals surface area contributed by atoms with E-state index in [-0.39, 0.29) is 12.5 Å². The van der Waals surface area contributed by atoms with E-state index in [9.17, 15) is 22.9 Å². The lowest BCUT2D eigenvalue weighted by Crippen LogP contribution is -2.16. The lowest BCUT2D eigenvalue weighted by atomic mass is 10.2. The summed E-state index contributed by atoms with van der Waals surface area (Å²) in [6.07, 6.45) is 1.27. The molecule has 0 fully saturated rings. The molecule has 0 radical (unpaired) electrons. The van der Waals surface area contributed by atoms with Gasteiger partial charge in [-0.05, 0) is 23.8 Å². The van der Waals surface area contributed by atoms with Crippen molar-refractivity contribution in [3.05, 3.63) is 76.4 Å². The maximum absolute atomic E-state index is 13.2. The molecule has 26 heavy (non-hydrogen) atoms. The minimum atomic E-state index is -4.25. The van der Waals surface area contributed by atoms with Crippen LogP contribution >= 0.6 is 0 Å². The number of halogens is 1. The van der Waals surface area contributed by atoms with Gasteiger partial charge in [0.1, 0.15) is 12.1 Å². The number of benzene rings is 2. The second-order valence-electron chi connectivity index (χ2n) is 5.23. The summed E-state index contributed by atoms with van der Waals surface area (Å²) in [4.78, 5) is 13.5. The van der Waals surface area contributed by atoms with Crippen LogP contribution in [0.4, 0.5) is 16.0 Å². The zero-order valence-corrected chi connectivity index (χ0v) is 13.9. The number of aromatic nitrogens is 3. The molecule has 11 heteroatoms. The van der Waals surface area contributed by atoms with Gasteiger partial charge < -0.3 is 0 Å². The Morgan fingerprint density at radius 1 is 1.19 bits per heavy atom. The molecule has 1 aromatic heterocycles. The molecule has 0 bridgehead atoms. The molecule has 0 spiro atoms. The van der Waals surface area contributed by atoms with Crippen molar-refractivity contribution in [2.75, 3.05) is 4.72 Å². The summed E-state index contributed by atoms with van der Waals surface area (Å²) in [6.45, 7) is 0.179. The number of sulfonamides is 1. The van der Waals surface area contributed by atoms with Gasteiger partial charge in [0, 0.05) is 6.07 Å². The number of nitro groups is 1. The minimum absolute atomic E-state index is 0.179. The van der Waals surface area contributed by atoms with Gasteiger partial charge >= 0.3 is 0 Å². The van der Waals surface area contributed by atoms with Crippen molar-refractivity contribution in [1.29, 1.82) is 0 Å². The molecular formula is C15H12FN5O4S.